The zero-order chi connectivity index (χ0) is 17.3. The highest BCUT2D eigenvalue weighted by Crippen LogP contribution is 2.40. The van der Waals surface area contributed by atoms with E-state index < -0.39 is 10.2 Å². The van der Waals surface area contributed by atoms with Crippen molar-refractivity contribution in [2.75, 3.05) is 13.1 Å². The molecule has 136 valence electrons. The third-order valence-electron chi connectivity index (χ3n) is 5.79. The Morgan fingerprint density at radius 3 is 2.09 bits per heavy atom. The van der Waals surface area contributed by atoms with Gasteiger partial charge in [0.25, 0.3) is 10.2 Å². The lowest BCUT2D eigenvalue weighted by Crippen LogP contribution is -2.54. The third-order valence-corrected chi connectivity index (χ3v) is 7.39. The fourth-order valence-corrected chi connectivity index (χ4v) is 5.51. The normalized spacial score (nSPS) is 34.5. The lowest BCUT2D eigenvalue weighted by atomic mass is 9.69. The Morgan fingerprint density at radius 1 is 1.09 bits per heavy atom. The summed E-state index contributed by atoms with van der Waals surface area (Å²) in [7, 11) is -3.40. The van der Waals surface area contributed by atoms with E-state index >= 15 is 0 Å². The lowest BCUT2D eigenvalue weighted by Gasteiger charge is -2.40. The third kappa shape index (κ3) is 4.91. The molecule has 5 nitrogen and oxygen atoms in total. The van der Waals surface area contributed by atoms with E-state index in [0.717, 1.165) is 25.7 Å². The summed E-state index contributed by atoms with van der Waals surface area (Å²) in [5, 5.41) is 0. The zero-order valence-corrected chi connectivity index (χ0v) is 16.2. The molecule has 0 aromatic heterocycles. The molecule has 1 heterocycles. The van der Waals surface area contributed by atoms with Crippen molar-refractivity contribution in [2.45, 2.75) is 85.0 Å². The molecule has 1 saturated carbocycles. The number of hydrogen-bond donors (Lipinski definition) is 1. The quantitative estimate of drug-likeness (QED) is 0.833. The van der Waals surface area contributed by atoms with E-state index in [1.807, 2.05) is 13.8 Å². The first kappa shape index (κ1) is 19.2. The van der Waals surface area contributed by atoms with Crippen LogP contribution in [0, 0.1) is 11.3 Å². The minimum Gasteiger partial charge on any atom is -0.373 e. The average Bonchev–Trinajstić information content (AvgIpc) is 2.46. The number of hydrogen-bond acceptors (Lipinski definition) is 3. The van der Waals surface area contributed by atoms with Gasteiger partial charge in [0.15, 0.2) is 0 Å². The van der Waals surface area contributed by atoms with E-state index in [1.165, 1.54) is 6.42 Å². The van der Waals surface area contributed by atoms with Crippen molar-refractivity contribution in [3.8, 4) is 0 Å². The Balaban J connectivity index is 1.90. The zero-order valence-electron chi connectivity index (χ0n) is 15.3. The Bertz CT molecular complexity index is 474. The topological polar surface area (TPSA) is 58.6 Å². The Hall–Kier alpha value is -0.170. The van der Waals surface area contributed by atoms with Crippen LogP contribution in [0.2, 0.25) is 0 Å². The fraction of sp³-hybridized carbons (Fsp3) is 1.00. The first-order chi connectivity index (χ1) is 10.6. The van der Waals surface area contributed by atoms with Gasteiger partial charge in [0.1, 0.15) is 0 Å². The molecule has 6 heteroatoms. The van der Waals surface area contributed by atoms with Gasteiger partial charge in [-0.25, -0.2) is 0 Å². The second-order valence-electron chi connectivity index (χ2n) is 8.09. The molecule has 0 radical (unpaired) electrons. The van der Waals surface area contributed by atoms with Gasteiger partial charge >= 0.3 is 0 Å². The monoisotopic (exact) mass is 346 g/mol. The van der Waals surface area contributed by atoms with Crippen LogP contribution in [0.3, 0.4) is 0 Å². The minimum atomic E-state index is -3.40. The van der Waals surface area contributed by atoms with Crippen molar-refractivity contribution in [3.05, 3.63) is 0 Å². The molecule has 0 bridgehead atoms. The smallest absolute Gasteiger partial charge is 0.279 e. The van der Waals surface area contributed by atoms with Gasteiger partial charge in [0, 0.05) is 19.1 Å². The summed E-state index contributed by atoms with van der Waals surface area (Å²) >= 11 is 0. The first-order valence-corrected chi connectivity index (χ1v) is 10.5. The molecule has 23 heavy (non-hydrogen) atoms. The molecule has 0 aromatic rings. The lowest BCUT2D eigenvalue weighted by molar-refractivity contribution is -0.0445. The van der Waals surface area contributed by atoms with Crippen molar-refractivity contribution in [1.29, 1.82) is 0 Å². The number of nitrogens with zero attached hydrogens (tertiary/aromatic N) is 1. The standard InChI is InChI=1S/C17H34N2O3S/c1-6-17(4,5)15-7-9-16(10-8-15)18-23(20,21)19-11-13(2)22-14(3)12-19/h13-16,18H,6-12H2,1-5H3/t13-,14+,15?,16?. The molecule has 1 aliphatic heterocycles. The van der Waals surface area contributed by atoms with E-state index in [9.17, 15) is 8.42 Å². The average molecular weight is 347 g/mol. The number of rotatable bonds is 5. The van der Waals surface area contributed by atoms with Gasteiger partial charge in [-0.2, -0.15) is 17.4 Å². The van der Waals surface area contributed by atoms with Crippen LogP contribution in [0.4, 0.5) is 0 Å². The summed E-state index contributed by atoms with van der Waals surface area (Å²) in [5.41, 5.74) is 0.360. The first-order valence-electron chi connectivity index (χ1n) is 9.07. The van der Waals surface area contributed by atoms with Gasteiger partial charge in [0.2, 0.25) is 0 Å². The molecule has 2 aliphatic rings. The maximum atomic E-state index is 12.6. The molecule has 0 unspecified atom stereocenters. The molecule has 2 fully saturated rings. The van der Waals surface area contributed by atoms with Gasteiger partial charge in [-0.15, -0.1) is 0 Å². The number of ether oxygens (including phenoxy) is 1. The van der Waals surface area contributed by atoms with E-state index in [0.29, 0.717) is 24.4 Å². The van der Waals surface area contributed by atoms with Gasteiger partial charge < -0.3 is 4.74 Å². The molecular formula is C17H34N2O3S. The maximum Gasteiger partial charge on any atom is 0.279 e. The van der Waals surface area contributed by atoms with Crippen LogP contribution in [0.5, 0.6) is 0 Å². The second-order valence-corrected chi connectivity index (χ2v) is 9.79. The molecule has 1 saturated heterocycles. The predicted octanol–water partition coefficient (Wildman–Crippen LogP) is 2.93. The largest absolute Gasteiger partial charge is 0.373 e. The molecule has 0 aromatic carbocycles. The van der Waals surface area contributed by atoms with Gasteiger partial charge in [-0.1, -0.05) is 27.2 Å². The van der Waals surface area contributed by atoms with Crippen LogP contribution in [0.25, 0.3) is 0 Å². The van der Waals surface area contributed by atoms with Crippen LogP contribution in [-0.2, 0) is 14.9 Å². The van der Waals surface area contributed by atoms with Crippen LogP contribution in [0.15, 0.2) is 0 Å². The summed E-state index contributed by atoms with van der Waals surface area (Å²) in [5.74, 6) is 0.705. The van der Waals surface area contributed by atoms with Crippen molar-refractivity contribution < 1.29 is 13.2 Å². The van der Waals surface area contributed by atoms with Crippen molar-refractivity contribution in [2.24, 2.45) is 11.3 Å². The van der Waals surface area contributed by atoms with Gasteiger partial charge in [-0.3, -0.25) is 0 Å². The highest BCUT2D eigenvalue weighted by atomic mass is 32.2. The van der Waals surface area contributed by atoms with Crippen molar-refractivity contribution in [3.63, 3.8) is 0 Å². The summed E-state index contributed by atoms with van der Waals surface area (Å²) < 4.78 is 35.4. The minimum absolute atomic E-state index is 0.0450. The van der Waals surface area contributed by atoms with Crippen LogP contribution in [0.1, 0.15) is 66.7 Å². The summed E-state index contributed by atoms with van der Waals surface area (Å²) in [6.45, 7) is 11.6. The molecule has 0 spiro atoms. The van der Waals surface area contributed by atoms with Crippen molar-refractivity contribution in [1.82, 2.24) is 9.03 Å². The highest BCUT2D eigenvalue weighted by molar-refractivity contribution is 7.87. The van der Waals surface area contributed by atoms with E-state index in [4.69, 9.17) is 4.74 Å². The number of nitrogens with one attached hydrogen (secondary N) is 1. The van der Waals surface area contributed by atoms with Gasteiger partial charge in [0.05, 0.1) is 12.2 Å². The maximum absolute atomic E-state index is 12.6. The predicted molar refractivity (Wildman–Crippen MR) is 93.5 cm³/mol. The van der Waals surface area contributed by atoms with Crippen LogP contribution < -0.4 is 4.72 Å². The molecule has 1 N–H and O–H groups in total. The SMILES string of the molecule is CCC(C)(C)C1CCC(NS(=O)(=O)N2C[C@@H](C)O[C@@H](C)C2)CC1. The fourth-order valence-electron chi connectivity index (χ4n) is 3.89. The molecular weight excluding hydrogens is 312 g/mol. The van der Waals surface area contributed by atoms with E-state index in [1.54, 1.807) is 4.31 Å². The Morgan fingerprint density at radius 2 is 1.61 bits per heavy atom. The summed E-state index contributed by atoms with van der Waals surface area (Å²) in [4.78, 5) is 0. The molecule has 0 amide bonds. The molecule has 2 rings (SSSR count). The molecule has 2 atom stereocenters. The number of morpholine rings is 1. The summed E-state index contributed by atoms with van der Waals surface area (Å²) in [6.07, 6.45) is 5.21. The Labute approximate surface area is 142 Å². The van der Waals surface area contributed by atoms with Gasteiger partial charge in [-0.05, 0) is 50.9 Å². The molecule has 1 aliphatic carbocycles. The van der Waals surface area contributed by atoms with Crippen LogP contribution in [-0.4, -0.2) is 44.1 Å². The second kappa shape index (κ2) is 7.38. The van der Waals surface area contributed by atoms with Crippen LogP contribution >= 0.6 is 0 Å². The van der Waals surface area contributed by atoms with E-state index in [2.05, 4.69) is 25.5 Å². The van der Waals surface area contributed by atoms with E-state index in [-0.39, 0.29) is 18.2 Å². The highest BCUT2D eigenvalue weighted by Gasteiger charge is 2.36. The summed E-state index contributed by atoms with van der Waals surface area (Å²) in [6, 6.07) is 0.0809. The Kier molecular flexibility index (Phi) is 6.15. The van der Waals surface area contributed by atoms with Crippen molar-refractivity contribution >= 4 is 10.2 Å².